The lowest BCUT2D eigenvalue weighted by molar-refractivity contribution is -0.154. The van der Waals surface area contributed by atoms with E-state index in [0.29, 0.717) is 24.8 Å². The van der Waals surface area contributed by atoms with Crippen LogP contribution in [0.2, 0.25) is 0 Å². The molecular weight excluding hydrogens is 456 g/mol. The highest BCUT2D eigenvalue weighted by molar-refractivity contribution is 5.92. The summed E-state index contributed by atoms with van der Waals surface area (Å²) < 4.78 is 18.7. The van der Waals surface area contributed by atoms with Crippen molar-refractivity contribution in [3.05, 3.63) is 34.4 Å². The van der Waals surface area contributed by atoms with Crippen molar-refractivity contribution in [2.75, 3.05) is 0 Å². The van der Waals surface area contributed by atoms with Gasteiger partial charge in [-0.1, -0.05) is 24.6 Å². The number of ether oxygens (including phenoxy) is 3. The van der Waals surface area contributed by atoms with Gasteiger partial charge in [-0.2, -0.15) is 0 Å². The van der Waals surface area contributed by atoms with Crippen LogP contribution in [-0.4, -0.2) is 46.6 Å². The molecule has 36 heavy (non-hydrogen) atoms. The number of esters is 2. The molecule has 0 amide bonds. The molecule has 1 N–H and O–H groups in total. The average Bonchev–Trinajstić information content (AvgIpc) is 3.05. The summed E-state index contributed by atoms with van der Waals surface area (Å²) in [4.78, 5) is 26.9. The second kappa shape index (κ2) is 6.20. The molecule has 6 nitrogen and oxygen atoms in total. The molecule has 0 aromatic carbocycles. The predicted octanol–water partition coefficient (Wildman–Crippen LogP) is 4.17. The Morgan fingerprint density at radius 2 is 1.83 bits per heavy atom. The normalized spacial score (nSPS) is 56.1. The standard InChI is InChI=1S/C30H36O6/c1-13-6-7-18-24(21-17(13)10-19-29(21,5)36-19)35-26(32)30(18)12-15-11-27(30,3)22-20(15)28(4,33)9-8-16-14(2)25(31)34-23(16)22/h15-16,18-19,21,23-24,33H,2,6-12H2,1,3-5H3/t15-,16+,18-,19-,21+,23+,24+,27+,28+,29-,30+/m1/s1. The van der Waals surface area contributed by atoms with E-state index >= 15 is 0 Å². The lowest BCUT2D eigenvalue weighted by atomic mass is 9.52. The van der Waals surface area contributed by atoms with Gasteiger partial charge in [0.2, 0.25) is 0 Å². The number of aliphatic hydroxyl groups is 1. The van der Waals surface area contributed by atoms with Gasteiger partial charge in [0, 0.05) is 28.7 Å². The van der Waals surface area contributed by atoms with Crippen LogP contribution in [0.15, 0.2) is 34.4 Å². The summed E-state index contributed by atoms with van der Waals surface area (Å²) >= 11 is 0. The zero-order valence-corrected chi connectivity index (χ0v) is 21.7. The molecular formula is C30H36O6. The summed E-state index contributed by atoms with van der Waals surface area (Å²) in [5.74, 6) is -0.248. The number of hydrogen-bond acceptors (Lipinski definition) is 6. The van der Waals surface area contributed by atoms with E-state index < -0.39 is 22.5 Å². The van der Waals surface area contributed by atoms with E-state index in [9.17, 15) is 14.7 Å². The van der Waals surface area contributed by atoms with E-state index in [1.165, 1.54) is 11.1 Å². The van der Waals surface area contributed by atoms with E-state index in [4.69, 9.17) is 14.2 Å². The fraction of sp³-hybridized carbons (Fsp3) is 0.733. The summed E-state index contributed by atoms with van der Waals surface area (Å²) in [6.45, 7) is 12.6. The molecule has 5 aliphatic carbocycles. The molecule has 8 rings (SSSR count). The minimum Gasteiger partial charge on any atom is -0.461 e. The molecule has 2 saturated carbocycles. The molecule has 11 atom stereocenters. The maximum Gasteiger partial charge on any atom is 0.334 e. The SMILES string of the molecule is C=C1C(=O)O[C@@H]2C3=C([C@@H]4C[C@]3(C)[C@]3(C4)C(=O)O[C@H]4[C@H]3CCC(C)=C3C[C@H]5O[C@@]5(C)[C@@H]34)[C@@](C)(O)CC[C@@H]12. The third kappa shape index (κ3) is 2.19. The quantitative estimate of drug-likeness (QED) is 0.236. The lowest BCUT2D eigenvalue weighted by Gasteiger charge is -2.48. The van der Waals surface area contributed by atoms with Crippen LogP contribution in [0.4, 0.5) is 0 Å². The molecule has 3 aliphatic heterocycles. The second-order valence-corrected chi connectivity index (χ2v) is 13.8. The van der Waals surface area contributed by atoms with Gasteiger partial charge in [0.05, 0.1) is 17.1 Å². The van der Waals surface area contributed by atoms with Gasteiger partial charge in [-0.3, -0.25) is 4.79 Å². The van der Waals surface area contributed by atoms with E-state index in [0.717, 1.165) is 36.8 Å². The first-order valence-corrected chi connectivity index (χ1v) is 13.9. The minimum absolute atomic E-state index is 0.0794. The van der Waals surface area contributed by atoms with Crippen molar-refractivity contribution in [3.8, 4) is 0 Å². The van der Waals surface area contributed by atoms with Gasteiger partial charge in [-0.15, -0.1) is 0 Å². The van der Waals surface area contributed by atoms with Crippen LogP contribution in [0.5, 0.6) is 0 Å². The van der Waals surface area contributed by atoms with Crippen LogP contribution in [-0.2, 0) is 23.8 Å². The van der Waals surface area contributed by atoms with Gasteiger partial charge in [-0.25, -0.2) is 4.79 Å². The highest BCUT2D eigenvalue weighted by Crippen LogP contribution is 2.77. The largest absolute Gasteiger partial charge is 0.461 e. The molecule has 0 aromatic heterocycles. The third-order valence-electron chi connectivity index (χ3n) is 12.3. The zero-order valence-electron chi connectivity index (χ0n) is 21.7. The molecule has 3 saturated heterocycles. The Morgan fingerprint density at radius 1 is 1.06 bits per heavy atom. The van der Waals surface area contributed by atoms with E-state index in [-0.39, 0.29) is 53.4 Å². The minimum atomic E-state index is -0.971. The Bertz CT molecular complexity index is 1240. The summed E-state index contributed by atoms with van der Waals surface area (Å²) in [6.07, 6.45) is 5.25. The van der Waals surface area contributed by atoms with Crippen LogP contribution >= 0.6 is 0 Å². The predicted molar refractivity (Wildman–Crippen MR) is 129 cm³/mol. The smallest absolute Gasteiger partial charge is 0.334 e. The fourth-order valence-electron chi connectivity index (χ4n) is 10.7. The van der Waals surface area contributed by atoms with Gasteiger partial charge < -0.3 is 19.3 Å². The molecule has 1 spiro atoms. The van der Waals surface area contributed by atoms with Gasteiger partial charge in [0.1, 0.15) is 17.8 Å². The van der Waals surface area contributed by atoms with Crippen molar-refractivity contribution in [2.24, 2.45) is 34.5 Å². The van der Waals surface area contributed by atoms with Crippen molar-refractivity contribution >= 4 is 11.9 Å². The first-order valence-electron chi connectivity index (χ1n) is 13.9. The summed E-state index contributed by atoms with van der Waals surface area (Å²) in [5.41, 5.74) is 3.07. The summed E-state index contributed by atoms with van der Waals surface area (Å²) in [5, 5.41) is 11.7. The van der Waals surface area contributed by atoms with E-state index in [1.807, 2.05) is 6.92 Å². The molecule has 192 valence electrons. The monoisotopic (exact) mass is 492 g/mol. The highest BCUT2D eigenvalue weighted by Gasteiger charge is 2.79. The number of allylic oxidation sites excluding steroid dienone is 1. The van der Waals surface area contributed by atoms with E-state index in [1.54, 1.807) is 0 Å². The lowest BCUT2D eigenvalue weighted by Crippen LogP contribution is -2.51. The zero-order chi connectivity index (χ0) is 25.2. The first-order chi connectivity index (χ1) is 16.9. The second-order valence-electron chi connectivity index (χ2n) is 13.8. The summed E-state index contributed by atoms with van der Waals surface area (Å²) in [7, 11) is 0. The molecule has 0 unspecified atom stereocenters. The van der Waals surface area contributed by atoms with Gasteiger partial charge >= 0.3 is 11.9 Å². The third-order valence-corrected chi connectivity index (χ3v) is 12.3. The van der Waals surface area contributed by atoms with Crippen molar-refractivity contribution < 1.29 is 28.9 Å². The molecule has 5 fully saturated rings. The fourth-order valence-corrected chi connectivity index (χ4v) is 10.7. The van der Waals surface area contributed by atoms with Crippen molar-refractivity contribution in [1.29, 1.82) is 0 Å². The Hall–Kier alpha value is -1.92. The van der Waals surface area contributed by atoms with Gasteiger partial charge in [-0.05, 0) is 82.8 Å². The molecule has 0 aromatic rings. The molecule has 8 aliphatic rings. The van der Waals surface area contributed by atoms with Gasteiger partial charge in [0.25, 0.3) is 0 Å². The number of carbonyl (C=O) groups excluding carboxylic acids is 2. The molecule has 6 heteroatoms. The Kier molecular flexibility index (Phi) is 3.81. The van der Waals surface area contributed by atoms with Crippen molar-refractivity contribution in [1.82, 2.24) is 0 Å². The number of rotatable bonds is 0. The first kappa shape index (κ1) is 22.1. The highest BCUT2D eigenvalue weighted by atomic mass is 16.6. The van der Waals surface area contributed by atoms with Crippen LogP contribution in [0.1, 0.15) is 72.6 Å². The molecule has 0 radical (unpaired) electrons. The number of hydrogen-bond donors (Lipinski definition) is 1. The molecule has 3 heterocycles. The van der Waals surface area contributed by atoms with Crippen LogP contribution < -0.4 is 0 Å². The summed E-state index contributed by atoms with van der Waals surface area (Å²) in [6, 6.07) is 0. The average molecular weight is 493 g/mol. The number of carbonyl (C=O) groups is 2. The van der Waals surface area contributed by atoms with E-state index in [2.05, 4.69) is 27.4 Å². The van der Waals surface area contributed by atoms with Crippen molar-refractivity contribution in [2.45, 2.75) is 102 Å². The molecule has 2 bridgehead atoms. The van der Waals surface area contributed by atoms with Crippen LogP contribution in [0.3, 0.4) is 0 Å². The number of epoxide rings is 1. The Morgan fingerprint density at radius 3 is 2.61 bits per heavy atom. The Balaban J connectivity index is 1.29. The number of fused-ring (bicyclic) bond motifs is 13. The topological polar surface area (TPSA) is 85.4 Å². The van der Waals surface area contributed by atoms with Gasteiger partial charge in [0.15, 0.2) is 0 Å². The van der Waals surface area contributed by atoms with Crippen molar-refractivity contribution in [3.63, 3.8) is 0 Å². The van der Waals surface area contributed by atoms with Crippen LogP contribution in [0, 0.1) is 34.5 Å². The van der Waals surface area contributed by atoms with Crippen LogP contribution in [0.25, 0.3) is 0 Å². The maximum atomic E-state index is 14.2. The maximum absolute atomic E-state index is 14.2. The Labute approximate surface area is 212 Å².